The molecule has 1 amide bonds. The molecule has 0 spiro atoms. The molecular weight excluding hydrogens is 469 g/mol. The lowest BCUT2D eigenvalue weighted by Crippen LogP contribution is -2.29. The number of para-hydroxylation sites is 1. The summed E-state index contributed by atoms with van der Waals surface area (Å²) >= 11 is 0. The van der Waals surface area contributed by atoms with Gasteiger partial charge in [-0.25, -0.2) is 9.18 Å². The topological polar surface area (TPSA) is 102 Å². The highest BCUT2D eigenvalue weighted by molar-refractivity contribution is 6.51. The maximum atomic E-state index is 14.1. The highest BCUT2D eigenvalue weighted by Gasteiger charge is 2.48. The monoisotopic (exact) mass is 491 g/mol. The van der Waals surface area contributed by atoms with E-state index in [9.17, 15) is 23.9 Å². The first-order valence-electron chi connectivity index (χ1n) is 10.8. The van der Waals surface area contributed by atoms with E-state index in [1.165, 1.54) is 56.6 Å². The maximum Gasteiger partial charge on any atom is 0.337 e. The van der Waals surface area contributed by atoms with Gasteiger partial charge in [-0.15, -0.1) is 0 Å². The number of amides is 1. The Morgan fingerprint density at radius 1 is 0.917 bits per heavy atom. The summed E-state index contributed by atoms with van der Waals surface area (Å²) in [6.07, 6.45) is 0. The molecule has 0 aromatic heterocycles. The lowest BCUT2D eigenvalue weighted by Gasteiger charge is -2.26. The zero-order chi connectivity index (χ0) is 26.0. The molecule has 1 aliphatic heterocycles. The van der Waals surface area contributed by atoms with Crippen molar-refractivity contribution in [2.75, 3.05) is 26.2 Å². The number of aliphatic hydroxyl groups excluding tert-OH is 1. The highest BCUT2D eigenvalue weighted by Crippen LogP contribution is 2.45. The number of carbonyl (C=O) groups is 3. The molecule has 0 saturated carbocycles. The van der Waals surface area contributed by atoms with E-state index in [0.29, 0.717) is 11.3 Å². The van der Waals surface area contributed by atoms with Crippen LogP contribution in [-0.4, -0.2) is 44.1 Å². The number of rotatable bonds is 6. The fraction of sp³-hybridized carbons (Fsp3) is 0.148. The Labute approximate surface area is 206 Å². The Morgan fingerprint density at radius 3 is 2.22 bits per heavy atom. The van der Waals surface area contributed by atoms with Crippen molar-refractivity contribution in [3.05, 3.63) is 94.8 Å². The van der Waals surface area contributed by atoms with Crippen molar-refractivity contribution in [1.82, 2.24) is 0 Å². The third-order valence-corrected chi connectivity index (χ3v) is 5.86. The molecule has 184 valence electrons. The van der Waals surface area contributed by atoms with Crippen molar-refractivity contribution in [1.29, 1.82) is 0 Å². The number of nitrogens with zero attached hydrogens (tertiary/aromatic N) is 1. The molecule has 8 nitrogen and oxygen atoms in total. The molecule has 9 heteroatoms. The Balaban J connectivity index is 1.97. The smallest absolute Gasteiger partial charge is 0.337 e. The standard InChI is InChI=1S/C27H22FNO7/c1-34-20-7-5-4-6-18(20)23-22(24(30)19-14-16(28)10-13-21(19)35-2)25(31)26(32)29(23)17-11-8-15(9-12-17)27(33)36-3/h4-14,23,30H,1-3H3/b24-22+. The van der Waals surface area contributed by atoms with Crippen LogP contribution in [0.3, 0.4) is 0 Å². The molecule has 36 heavy (non-hydrogen) atoms. The number of carbonyl (C=O) groups excluding carboxylic acids is 3. The van der Waals surface area contributed by atoms with E-state index >= 15 is 0 Å². The van der Waals surface area contributed by atoms with E-state index in [1.807, 2.05) is 0 Å². The Morgan fingerprint density at radius 2 is 1.58 bits per heavy atom. The van der Waals surface area contributed by atoms with Crippen molar-refractivity contribution >= 4 is 29.1 Å². The second-order valence-electron chi connectivity index (χ2n) is 7.79. The first kappa shape index (κ1) is 24.5. The third-order valence-electron chi connectivity index (χ3n) is 5.86. The van der Waals surface area contributed by atoms with Crippen LogP contribution in [0.25, 0.3) is 5.76 Å². The van der Waals surface area contributed by atoms with Crippen LogP contribution in [0.15, 0.2) is 72.3 Å². The Kier molecular flexibility index (Phi) is 6.73. The Hall–Kier alpha value is -4.66. The molecule has 1 saturated heterocycles. The van der Waals surface area contributed by atoms with Crippen molar-refractivity contribution in [3.8, 4) is 11.5 Å². The van der Waals surface area contributed by atoms with E-state index < -0.39 is 35.3 Å². The fourth-order valence-electron chi connectivity index (χ4n) is 4.17. The summed E-state index contributed by atoms with van der Waals surface area (Å²) in [5.74, 6) is -3.27. The van der Waals surface area contributed by atoms with Crippen LogP contribution in [0.5, 0.6) is 11.5 Å². The molecular formula is C27H22FNO7. The normalized spacial score (nSPS) is 16.7. The van der Waals surface area contributed by atoms with Gasteiger partial charge in [-0.1, -0.05) is 18.2 Å². The van der Waals surface area contributed by atoms with Crippen LogP contribution < -0.4 is 14.4 Å². The molecule has 1 aliphatic rings. The van der Waals surface area contributed by atoms with E-state index in [-0.39, 0.29) is 28.1 Å². The molecule has 3 aromatic rings. The third kappa shape index (κ3) is 4.15. The van der Waals surface area contributed by atoms with Crippen molar-refractivity contribution < 1.29 is 38.1 Å². The van der Waals surface area contributed by atoms with Crippen LogP contribution in [0.2, 0.25) is 0 Å². The number of methoxy groups -OCH3 is 3. The average Bonchev–Trinajstić information content (AvgIpc) is 3.17. The molecule has 1 atom stereocenters. The van der Waals surface area contributed by atoms with Gasteiger partial charge in [0.2, 0.25) is 0 Å². The number of hydrogen-bond donors (Lipinski definition) is 1. The predicted octanol–water partition coefficient (Wildman–Crippen LogP) is 4.26. The van der Waals surface area contributed by atoms with Gasteiger partial charge < -0.3 is 19.3 Å². The molecule has 1 unspecified atom stereocenters. The molecule has 3 aromatic carbocycles. The van der Waals surface area contributed by atoms with Gasteiger partial charge in [0.25, 0.3) is 11.7 Å². The molecule has 4 rings (SSSR count). The van der Waals surface area contributed by atoms with E-state index in [0.717, 1.165) is 12.1 Å². The summed E-state index contributed by atoms with van der Waals surface area (Å²) < 4.78 is 29.5. The minimum absolute atomic E-state index is 0.0866. The molecule has 0 aliphatic carbocycles. The number of ketones is 1. The average molecular weight is 491 g/mol. The van der Waals surface area contributed by atoms with Crippen LogP contribution in [0, 0.1) is 5.82 Å². The summed E-state index contributed by atoms with van der Waals surface area (Å²) in [5.41, 5.74) is 0.581. The number of anilines is 1. The van der Waals surface area contributed by atoms with E-state index in [2.05, 4.69) is 0 Å². The molecule has 1 heterocycles. The summed E-state index contributed by atoms with van der Waals surface area (Å²) in [6.45, 7) is 0. The number of ether oxygens (including phenoxy) is 3. The van der Waals surface area contributed by atoms with Gasteiger partial charge in [-0.05, 0) is 48.5 Å². The van der Waals surface area contributed by atoms with Gasteiger partial charge in [-0.2, -0.15) is 0 Å². The van der Waals surface area contributed by atoms with E-state index in [4.69, 9.17) is 14.2 Å². The summed E-state index contributed by atoms with van der Waals surface area (Å²) in [4.78, 5) is 39.7. The molecule has 1 N–H and O–H groups in total. The highest BCUT2D eigenvalue weighted by atomic mass is 19.1. The first-order chi connectivity index (χ1) is 17.3. The van der Waals surface area contributed by atoms with Gasteiger partial charge in [0.1, 0.15) is 23.1 Å². The minimum Gasteiger partial charge on any atom is -0.507 e. The van der Waals surface area contributed by atoms with Gasteiger partial charge in [0.05, 0.1) is 44.1 Å². The fourth-order valence-corrected chi connectivity index (χ4v) is 4.17. The molecule has 1 fully saturated rings. The minimum atomic E-state index is -1.13. The predicted molar refractivity (Wildman–Crippen MR) is 129 cm³/mol. The van der Waals surface area contributed by atoms with Gasteiger partial charge in [0.15, 0.2) is 0 Å². The lowest BCUT2D eigenvalue weighted by atomic mass is 9.94. The van der Waals surface area contributed by atoms with Gasteiger partial charge in [0, 0.05) is 11.3 Å². The second-order valence-corrected chi connectivity index (χ2v) is 7.79. The number of aliphatic hydroxyl groups is 1. The quantitative estimate of drug-likeness (QED) is 0.238. The van der Waals surface area contributed by atoms with Crippen molar-refractivity contribution in [2.24, 2.45) is 0 Å². The zero-order valence-corrected chi connectivity index (χ0v) is 19.7. The maximum absolute atomic E-state index is 14.1. The van der Waals surface area contributed by atoms with E-state index in [1.54, 1.807) is 24.3 Å². The Bertz CT molecular complexity index is 1380. The summed E-state index contributed by atoms with van der Waals surface area (Å²) in [5, 5.41) is 11.3. The first-order valence-corrected chi connectivity index (χ1v) is 10.8. The lowest BCUT2D eigenvalue weighted by molar-refractivity contribution is -0.132. The largest absolute Gasteiger partial charge is 0.507 e. The van der Waals surface area contributed by atoms with Crippen LogP contribution in [0.4, 0.5) is 10.1 Å². The SMILES string of the molecule is COC(=O)c1ccc(N2C(=O)C(=O)/C(=C(/O)c3cc(F)ccc3OC)C2c2ccccc2OC)cc1. The molecule has 0 bridgehead atoms. The van der Waals surface area contributed by atoms with Crippen molar-refractivity contribution in [3.63, 3.8) is 0 Å². The second kappa shape index (κ2) is 9.91. The van der Waals surface area contributed by atoms with Crippen LogP contribution in [0.1, 0.15) is 27.5 Å². The summed E-state index contributed by atoms with van der Waals surface area (Å²) in [7, 11) is 4.02. The van der Waals surface area contributed by atoms with Gasteiger partial charge in [-0.3, -0.25) is 14.5 Å². The number of Topliss-reactive ketones (excluding diaryl/α,β-unsaturated/α-hetero) is 1. The number of benzene rings is 3. The van der Waals surface area contributed by atoms with Gasteiger partial charge >= 0.3 is 5.97 Å². The number of esters is 1. The zero-order valence-electron chi connectivity index (χ0n) is 19.7. The molecule has 0 radical (unpaired) electrons. The van der Waals surface area contributed by atoms with Crippen LogP contribution >= 0.6 is 0 Å². The number of halogens is 1. The summed E-state index contributed by atoms with van der Waals surface area (Å²) in [6, 6.07) is 15.0. The number of hydrogen-bond acceptors (Lipinski definition) is 7. The van der Waals surface area contributed by atoms with Crippen molar-refractivity contribution in [2.45, 2.75) is 6.04 Å². The van der Waals surface area contributed by atoms with Crippen LogP contribution in [-0.2, 0) is 14.3 Å².